The molecular weight excluding hydrogens is 394 g/mol. The Hall–Kier alpha value is 0.220. The fraction of sp³-hybridized carbons (Fsp3) is 0. The standard InChI is InChI=1S/C11Cl7N/c1-19-11-3-2(5(13)9(17)10(11)18)4(12)7(15)8(16)6(3)14. The minimum Gasteiger partial charge on any atom is -0.236 e. The van der Waals surface area contributed by atoms with E-state index in [1.54, 1.807) is 0 Å². The topological polar surface area (TPSA) is 4.36 Å². The van der Waals surface area contributed by atoms with Crippen molar-refractivity contribution in [2.75, 3.05) is 0 Å². The van der Waals surface area contributed by atoms with Gasteiger partial charge in [-0.25, -0.2) is 4.85 Å². The van der Waals surface area contributed by atoms with Crippen molar-refractivity contribution in [2.24, 2.45) is 0 Å². The van der Waals surface area contributed by atoms with Crippen molar-refractivity contribution in [3.63, 3.8) is 0 Å². The largest absolute Gasteiger partial charge is 0.236 e. The summed E-state index contributed by atoms with van der Waals surface area (Å²) in [6.45, 7) is 7.19. The number of hydrogen-bond donors (Lipinski definition) is 0. The second kappa shape index (κ2) is 5.54. The minimum atomic E-state index is -0.00878. The highest BCUT2D eigenvalue weighted by Gasteiger charge is 2.24. The summed E-state index contributed by atoms with van der Waals surface area (Å²) in [7, 11) is 0. The molecular formula is C11Cl7N. The number of hydrogen-bond acceptors (Lipinski definition) is 0. The molecule has 0 aliphatic carbocycles. The number of benzene rings is 2. The monoisotopic (exact) mass is 391 g/mol. The molecule has 0 saturated carbocycles. The van der Waals surface area contributed by atoms with Crippen LogP contribution >= 0.6 is 81.2 Å². The summed E-state index contributed by atoms with van der Waals surface area (Å²) in [4.78, 5) is 3.30. The van der Waals surface area contributed by atoms with E-state index < -0.39 is 0 Å². The molecule has 0 N–H and O–H groups in total. The molecule has 0 aliphatic rings. The first-order valence-electron chi connectivity index (χ1n) is 4.52. The third-order valence-corrected chi connectivity index (χ3v) is 5.55. The smallest absolute Gasteiger partial charge is 0.216 e. The summed E-state index contributed by atoms with van der Waals surface area (Å²) in [5, 5.41) is 0.746. The van der Waals surface area contributed by atoms with Gasteiger partial charge in [-0.1, -0.05) is 81.2 Å². The summed E-state index contributed by atoms with van der Waals surface area (Å²) >= 11 is 42.2. The number of halogens is 7. The highest BCUT2D eigenvalue weighted by molar-refractivity contribution is 6.60. The van der Waals surface area contributed by atoms with Crippen LogP contribution < -0.4 is 0 Å². The zero-order valence-electron chi connectivity index (χ0n) is 8.59. The Bertz CT molecular complexity index is 752. The molecule has 2 rings (SSSR count). The van der Waals surface area contributed by atoms with Crippen molar-refractivity contribution >= 4 is 97.7 Å². The van der Waals surface area contributed by atoms with Gasteiger partial charge in [0.15, 0.2) is 0 Å². The van der Waals surface area contributed by atoms with Gasteiger partial charge in [-0.2, -0.15) is 0 Å². The van der Waals surface area contributed by atoms with Crippen LogP contribution in [-0.2, 0) is 0 Å². The first-order valence-corrected chi connectivity index (χ1v) is 7.17. The molecule has 19 heavy (non-hydrogen) atoms. The van der Waals surface area contributed by atoms with Crippen LogP contribution in [0.4, 0.5) is 5.69 Å². The second-order valence-electron chi connectivity index (χ2n) is 3.41. The molecule has 0 radical (unpaired) electrons. The maximum absolute atomic E-state index is 7.19. The zero-order chi connectivity index (χ0) is 14.5. The first kappa shape index (κ1) is 15.6. The fourth-order valence-corrected chi connectivity index (χ4v) is 3.42. The van der Waals surface area contributed by atoms with Crippen molar-refractivity contribution < 1.29 is 0 Å². The molecule has 2 aromatic carbocycles. The van der Waals surface area contributed by atoms with E-state index in [1.165, 1.54) is 0 Å². The molecule has 0 aromatic heterocycles. The fourth-order valence-electron chi connectivity index (χ4n) is 1.58. The summed E-state index contributed by atoms with van der Waals surface area (Å²) in [6, 6.07) is 0. The Morgan fingerprint density at radius 1 is 0.526 bits per heavy atom. The third kappa shape index (κ3) is 2.24. The molecule has 0 spiro atoms. The molecule has 0 heterocycles. The summed E-state index contributed by atoms with van der Waals surface area (Å²) in [5.41, 5.74) is 0.0246. The molecule has 98 valence electrons. The van der Waals surface area contributed by atoms with Gasteiger partial charge in [-0.3, -0.25) is 0 Å². The van der Waals surface area contributed by atoms with E-state index >= 15 is 0 Å². The highest BCUT2D eigenvalue weighted by Crippen LogP contribution is 2.53. The van der Waals surface area contributed by atoms with Crippen LogP contribution in [0.2, 0.25) is 35.2 Å². The van der Waals surface area contributed by atoms with Crippen molar-refractivity contribution in [3.8, 4) is 0 Å². The minimum absolute atomic E-state index is 0.00878. The van der Waals surface area contributed by atoms with Crippen molar-refractivity contribution in [3.05, 3.63) is 46.6 Å². The van der Waals surface area contributed by atoms with Crippen LogP contribution in [0.3, 0.4) is 0 Å². The predicted molar refractivity (Wildman–Crippen MR) is 85.3 cm³/mol. The SMILES string of the molecule is [C-]#[N+]c1c(Cl)c(Cl)c(Cl)c2c(Cl)c(Cl)c(Cl)c(Cl)c12. The molecule has 0 atom stereocenters. The predicted octanol–water partition coefficient (Wildman–Crippen LogP) is 7.96. The van der Waals surface area contributed by atoms with Gasteiger partial charge in [-0.05, 0) is 0 Å². The van der Waals surface area contributed by atoms with Gasteiger partial charge >= 0.3 is 0 Å². The van der Waals surface area contributed by atoms with Gasteiger partial charge in [0.1, 0.15) is 0 Å². The maximum atomic E-state index is 7.19. The molecule has 0 fully saturated rings. The normalized spacial score (nSPS) is 10.8. The zero-order valence-corrected chi connectivity index (χ0v) is 13.9. The van der Waals surface area contributed by atoms with E-state index in [4.69, 9.17) is 87.8 Å². The number of fused-ring (bicyclic) bond motifs is 1. The van der Waals surface area contributed by atoms with Gasteiger partial charge in [0.25, 0.3) is 0 Å². The van der Waals surface area contributed by atoms with Gasteiger partial charge in [0.05, 0.1) is 41.7 Å². The average Bonchev–Trinajstić information content (AvgIpc) is 2.40. The Morgan fingerprint density at radius 2 is 0.895 bits per heavy atom. The van der Waals surface area contributed by atoms with Gasteiger partial charge in [0, 0.05) is 10.8 Å². The second-order valence-corrected chi connectivity index (χ2v) is 6.05. The lowest BCUT2D eigenvalue weighted by Crippen LogP contribution is -1.86. The maximum Gasteiger partial charge on any atom is 0.216 e. The van der Waals surface area contributed by atoms with Gasteiger partial charge in [0.2, 0.25) is 5.69 Å². The summed E-state index contributed by atoms with van der Waals surface area (Å²) in [5.74, 6) is 0. The lowest BCUT2D eigenvalue weighted by atomic mass is 10.1. The van der Waals surface area contributed by atoms with E-state index in [9.17, 15) is 0 Å². The van der Waals surface area contributed by atoms with Crippen LogP contribution in [0, 0.1) is 6.57 Å². The van der Waals surface area contributed by atoms with Crippen LogP contribution in [0.1, 0.15) is 0 Å². The van der Waals surface area contributed by atoms with Crippen molar-refractivity contribution in [1.29, 1.82) is 0 Å². The third-order valence-electron chi connectivity index (χ3n) is 2.43. The van der Waals surface area contributed by atoms with Crippen molar-refractivity contribution in [1.82, 2.24) is 0 Å². The van der Waals surface area contributed by atoms with E-state index in [0.29, 0.717) is 0 Å². The molecule has 1 nitrogen and oxygen atoms in total. The van der Waals surface area contributed by atoms with E-state index in [0.717, 1.165) is 0 Å². The molecule has 0 amide bonds. The molecule has 0 saturated heterocycles. The molecule has 8 heteroatoms. The van der Waals surface area contributed by atoms with Crippen molar-refractivity contribution in [2.45, 2.75) is 0 Å². The summed E-state index contributed by atoms with van der Waals surface area (Å²) in [6.07, 6.45) is 0. The molecule has 0 aliphatic heterocycles. The van der Waals surface area contributed by atoms with E-state index in [1.807, 2.05) is 0 Å². The lowest BCUT2D eigenvalue weighted by molar-refractivity contribution is 1.73. The Kier molecular flexibility index (Phi) is 4.55. The molecule has 2 aromatic rings. The Balaban J connectivity index is 3.27. The highest BCUT2D eigenvalue weighted by atomic mass is 35.5. The molecule has 0 unspecified atom stereocenters. The number of nitrogens with zero attached hydrogens (tertiary/aromatic N) is 1. The Labute approximate surface area is 143 Å². The quantitative estimate of drug-likeness (QED) is 0.242. The average molecular weight is 394 g/mol. The lowest BCUT2D eigenvalue weighted by Gasteiger charge is -2.14. The van der Waals surface area contributed by atoms with Crippen LogP contribution in [0.5, 0.6) is 0 Å². The Morgan fingerprint density at radius 3 is 1.32 bits per heavy atom. The van der Waals surface area contributed by atoms with Crippen LogP contribution in [0.15, 0.2) is 0 Å². The van der Waals surface area contributed by atoms with Crippen LogP contribution in [-0.4, -0.2) is 0 Å². The van der Waals surface area contributed by atoms with Gasteiger partial charge in [-0.15, -0.1) is 0 Å². The first-order chi connectivity index (χ1) is 8.82. The van der Waals surface area contributed by atoms with Crippen LogP contribution in [0.25, 0.3) is 15.6 Å². The summed E-state index contributed by atoms with van der Waals surface area (Å²) < 4.78 is 0. The number of rotatable bonds is 0. The molecule has 0 bridgehead atoms. The van der Waals surface area contributed by atoms with E-state index in [2.05, 4.69) is 4.85 Å². The van der Waals surface area contributed by atoms with E-state index in [-0.39, 0.29) is 51.6 Å². The van der Waals surface area contributed by atoms with Gasteiger partial charge < -0.3 is 0 Å².